The second kappa shape index (κ2) is 5.75. The van der Waals surface area contributed by atoms with Gasteiger partial charge in [0, 0.05) is 0 Å². The molecule has 0 fully saturated rings. The molecule has 0 saturated carbocycles. The minimum atomic E-state index is -0.121. The summed E-state index contributed by atoms with van der Waals surface area (Å²) in [5, 5.41) is 14.9. The van der Waals surface area contributed by atoms with E-state index < -0.39 is 0 Å². The Hall–Kier alpha value is -3.02. The van der Waals surface area contributed by atoms with Gasteiger partial charge in [-0.25, -0.2) is 0 Å². The Labute approximate surface area is 115 Å². The van der Waals surface area contributed by atoms with Crippen LogP contribution in [0.4, 0.5) is 0 Å². The van der Waals surface area contributed by atoms with Gasteiger partial charge in [-0.1, -0.05) is 24.3 Å². The SMILES string of the molecule is N=C(N)c1ccccc1OOc1ccccc1C(=N)N. The molecule has 6 nitrogen and oxygen atoms in total. The van der Waals surface area contributed by atoms with E-state index >= 15 is 0 Å². The summed E-state index contributed by atoms with van der Waals surface area (Å²) in [6, 6.07) is 13.5. The van der Waals surface area contributed by atoms with Crippen molar-refractivity contribution in [1.82, 2.24) is 0 Å². The molecule has 0 bridgehead atoms. The Morgan fingerprint density at radius 1 is 0.700 bits per heavy atom. The lowest BCUT2D eigenvalue weighted by Crippen LogP contribution is -2.16. The standard InChI is InChI=1S/C14H14N4O2/c15-13(16)9-5-1-3-7-11(9)19-20-12-8-4-2-6-10(12)14(17)18/h1-8H,(H3,15,16)(H3,17,18). The molecule has 0 unspecified atom stereocenters. The van der Waals surface area contributed by atoms with E-state index in [9.17, 15) is 0 Å². The molecule has 0 aliphatic rings. The van der Waals surface area contributed by atoms with Crippen LogP contribution >= 0.6 is 0 Å². The molecule has 0 saturated heterocycles. The Kier molecular flexibility index (Phi) is 3.85. The molecule has 0 atom stereocenters. The summed E-state index contributed by atoms with van der Waals surface area (Å²) in [6.45, 7) is 0. The van der Waals surface area contributed by atoms with E-state index in [0.717, 1.165) is 0 Å². The molecule has 6 heteroatoms. The molecule has 2 aromatic carbocycles. The number of amidine groups is 2. The van der Waals surface area contributed by atoms with Crippen LogP contribution in [0.2, 0.25) is 0 Å². The molecule has 102 valence electrons. The first-order chi connectivity index (χ1) is 9.59. The molecular formula is C14H14N4O2. The lowest BCUT2D eigenvalue weighted by molar-refractivity contribution is -0.100. The number of rotatable bonds is 5. The highest BCUT2D eigenvalue weighted by Crippen LogP contribution is 2.22. The van der Waals surface area contributed by atoms with Crippen molar-refractivity contribution in [2.45, 2.75) is 0 Å². The number of nitrogens with two attached hydrogens (primary N) is 2. The van der Waals surface area contributed by atoms with E-state index in [4.69, 9.17) is 32.1 Å². The van der Waals surface area contributed by atoms with Crippen LogP contribution < -0.4 is 21.2 Å². The van der Waals surface area contributed by atoms with E-state index in [0.29, 0.717) is 22.6 Å². The quantitative estimate of drug-likeness (QED) is 0.286. The molecule has 0 heterocycles. The summed E-state index contributed by atoms with van der Waals surface area (Å²) in [4.78, 5) is 10.4. The van der Waals surface area contributed by atoms with Crippen molar-refractivity contribution in [3.05, 3.63) is 59.7 Å². The number of hydrogen-bond donors (Lipinski definition) is 4. The summed E-state index contributed by atoms with van der Waals surface area (Å²) in [7, 11) is 0. The van der Waals surface area contributed by atoms with Gasteiger partial charge in [-0.15, -0.1) is 0 Å². The first-order valence-electron chi connectivity index (χ1n) is 5.81. The number of hydrogen-bond acceptors (Lipinski definition) is 4. The molecule has 0 aliphatic heterocycles. The van der Waals surface area contributed by atoms with Gasteiger partial charge in [-0.2, -0.15) is 0 Å². The smallest absolute Gasteiger partial charge is 0.189 e. The predicted molar refractivity (Wildman–Crippen MR) is 76.2 cm³/mol. The maximum atomic E-state index is 7.46. The molecule has 0 radical (unpaired) electrons. The fraction of sp³-hybridized carbons (Fsp3) is 0. The van der Waals surface area contributed by atoms with Crippen molar-refractivity contribution in [2.24, 2.45) is 11.5 Å². The van der Waals surface area contributed by atoms with Crippen molar-refractivity contribution in [2.75, 3.05) is 0 Å². The third kappa shape index (κ3) is 2.86. The van der Waals surface area contributed by atoms with Crippen LogP contribution in [0.3, 0.4) is 0 Å². The van der Waals surface area contributed by atoms with E-state index in [1.54, 1.807) is 48.5 Å². The van der Waals surface area contributed by atoms with Crippen LogP contribution in [0.15, 0.2) is 48.5 Å². The fourth-order valence-electron chi connectivity index (χ4n) is 1.61. The third-order valence-electron chi connectivity index (χ3n) is 2.58. The molecule has 0 aliphatic carbocycles. The molecule has 6 N–H and O–H groups in total. The van der Waals surface area contributed by atoms with Crippen molar-refractivity contribution < 1.29 is 9.78 Å². The number of para-hydroxylation sites is 2. The van der Waals surface area contributed by atoms with Crippen LogP contribution in [0.25, 0.3) is 0 Å². The highest BCUT2D eigenvalue weighted by molar-refractivity contribution is 5.98. The monoisotopic (exact) mass is 270 g/mol. The topological polar surface area (TPSA) is 118 Å². The summed E-state index contributed by atoms with van der Waals surface area (Å²) in [6.07, 6.45) is 0. The van der Waals surface area contributed by atoms with Crippen molar-refractivity contribution in [3.63, 3.8) is 0 Å². The van der Waals surface area contributed by atoms with E-state index in [1.165, 1.54) is 0 Å². The second-order valence-electron chi connectivity index (χ2n) is 3.99. The fourth-order valence-corrected chi connectivity index (χ4v) is 1.61. The Bertz CT molecular complexity index is 598. The molecular weight excluding hydrogens is 256 g/mol. The molecule has 0 amide bonds. The Morgan fingerprint density at radius 2 is 1.05 bits per heavy atom. The average Bonchev–Trinajstić information content (AvgIpc) is 2.45. The Balaban J connectivity index is 2.22. The lowest BCUT2D eigenvalue weighted by Gasteiger charge is -2.11. The zero-order valence-electron chi connectivity index (χ0n) is 10.6. The normalized spacial score (nSPS) is 9.80. The number of nitrogens with one attached hydrogen (secondary N) is 2. The predicted octanol–water partition coefficient (Wildman–Crippen LogP) is 1.63. The number of benzene rings is 2. The van der Waals surface area contributed by atoms with Gasteiger partial charge in [0.25, 0.3) is 0 Å². The number of nitrogen functional groups attached to an aromatic ring is 2. The van der Waals surface area contributed by atoms with E-state index in [1.807, 2.05) is 0 Å². The van der Waals surface area contributed by atoms with Gasteiger partial charge in [0.15, 0.2) is 11.5 Å². The largest absolute Gasteiger partial charge is 0.384 e. The van der Waals surface area contributed by atoms with Crippen molar-refractivity contribution in [1.29, 1.82) is 10.8 Å². The summed E-state index contributed by atoms with van der Waals surface area (Å²) in [5.74, 6) is 0.393. The summed E-state index contributed by atoms with van der Waals surface area (Å²) in [5.41, 5.74) is 11.8. The van der Waals surface area contributed by atoms with Crippen LogP contribution in [0.5, 0.6) is 11.5 Å². The zero-order chi connectivity index (χ0) is 14.5. The molecule has 0 spiro atoms. The summed E-state index contributed by atoms with van der Waals surface area (Å²) >= 11 is 0. The highest BCUT2D eigenvalue weighted by atomic mass is 17.2. The first kappa shape index (κ1) is 13.4. The van der Waals surface area contributed by atoms with Gasteiger partial charge < -0.3 is 11.5 Å². The highest BCUT2D eigenvalue weighted by Gasteiger charge is 2.10. The van der Waals surface area contributed by atoms with Crippen LogP contribution in [-0.2, 0) is 0 Å². The second-order valence-corrected chi connectivity index (χ2v) is 3.99. The van der Waals surface area contributed by atoms with Gasteiger partial charge in [0.2, 0.25) is 0 Å². The molecule has 2 aromatic rings. The van der Waals surface area contributed by atoms with Gasteiger partial charge in [-0.3, -0.25) is 20.6 Å². The third-order valence-corrected chi connectivity index (χ3v) is 2.58. The summed E-state index contributed by atoms with van der Waals surface area (Å²) < 4.78 is 0. The van der Waals surface area contributed by atoms with Gasteiger partial charge in [0.05, 0.1) is 11.1 Å². The molecule has 0 aromatic heterocycles. The van der Waals surface area contributed by atoms with Crippen LogP contribution in [-0.4, -0.2) is 11.7 Å². The first-order valence-corrected chi connectivity index (χ1v) is 5.81. The minimum absolute atomic E-state index is 0.121. The maximum absolute atomic E-state index is 7.46. The van der Waals surface area contributed by atoms with Gasteiger partial charge in [-0.05, 0) is 24.3 Å². The maximum Gasteiger partial charge on any atom is 0.189 e. The van der Waals surface area contributed by atoms with Crippen molar-refractivity contribution in [3.8, 4) is 11.5 Å². The van der Waals surface area contributed by atoms with E-state index in [2.05, 4.69) is 0 Å². The van der Waals surface area contributed by atoms with Crippen LogP contribution in [0, 0.1) is 10.8 Å². The van der Waals surface area contributed by atoms with Gasteiger partial charge in [0.1, 0.15) is 11.7 Å². The van der Waals surface area contributed by atoms with Crippen molar-refractivity contribution >= 4 is 11.7 Å². The van der Waals surface area contributed by atoms with Crippen LogP contribution in [0.1, 0.15) is 11.1 Å². The minimum Gasteiger partial charge on any atom is -0.384 e. The zero-order valence-corrected chi connectivity index (χ0v) is 10.6. The molecule has 2 rings (SSSR count). The lowest BCUT2D eigenvalue weighted by atomic mass is 10.2. The van der Waals surface area contributed by atoms with Gasteiger partial charge >= 0.3 is 0 Å². The average molecular weight is 270 g/mol. The van der Waals surface area contributed by atoms with E-state index in [-0.39, 0.29) is 11.7 Å². The molecule has 20 heavy (non-hydrogen) atoms. The Morgan fingerprint density at radius 3 is 1.40 bits per heavy atom.